The maximum atomic E-state index is 10.8. The maximum absolute atomic E-state index is 10.8. The molecule has 0 amide bonds. The number of fused-ring (bicyclic) bond motifs is 2. The zero-order valence-corrected chi connectivity index (χ0v) is 9.64. The SMILES string of the molecule is Cl.O=C(O)c1ccc2c(c1)CNCC21CC1. The molecular weight excluding hydrogens is 226 g/mol. The summed E-state index contributed by atoms with van der Waals surface area (Å²) in [5.74, 6) is -0.840. The van der Waals surface area contributed by atoms with Gasteiger partial charge in [0.15, 0.2) is 0 Å². The number of carbonyl (C=O) groups is 1. The first kappa shape index (κ1) is 11.4. The Bertz CT molecular complexity index is 441. The van der Waals surface area contributed by atoms with Crippen molar-refractivity contribution in [3.63, 3.8) is 0 Å². The number of aromatic carboxylic acids is 1. The predicted molar refractivity (Wildman–Crippen MR) is 63.3 cm³/mol. The highest BCUT2D eigenvalue weighted by Gasteiger charge is 2.46. The van der Waals surface area contributed by atoms with Crippen molar-refractivity contribution in [2.24, 2.45) is 0 Å². The molecule has 1 aromatic carbocycles. The molecule has 1 aliphatic carbocycles. The fraction of sp³-hybridized carbons (Fsp3) is 0.417. The number of carboxylic acid groups (broad SMARTS) is 1. The Kier molecular flexibility index (Phi) is 2.68. The standard InChI is InChI=1S/C12H13NO2.ClH/c14-11(15)8-1-2-10-9(5-8)6-13-7-12(10)3-4-12;/h1-2,5,13H,3-4,6-7H2,(H,14,15);1H. The molecule has 3 nitrogen and oxygen atoms in total. The average molecular weight is 240 g/mol. The van der Waals surface area contributed by atoms with Gasteiger partial charge in [-0.3, -0.25) is 0 Å². The van der Waals surface area contributed by atoms with Crippen LogP contribution in [0.1, 0.15) is 34.3 Å². The molecule has 1 heterocycles. The Balaban J connectivity index is 0.000000963. The summed E-state index contributed by atoms with van der Waals surface area (Å²) in [7, 11) is 0. The van der Waals surface area contributed by atoms with Crippen LogP contribution in [-0.2, 0) is 12.0 Å². The largest absolute Gasteiger partial charge is 0.478 e. The van der Waals surface area contributed by atoms with Gasteiger partial charge in [0.25, 0.3) is 0 Å². The smallest absolute Gasteiger partial charge is 0.335 e. The first-order valence-corrected chi connectivity index (χ1v) is 5.29. The Labute approximate surface area is 100 Å². The van der Waals surface area contributed by atoms with Crippen molar-refractivity contribution >= 4 is 18.4 Å². The molecule has 0 unspecified atom stereocenters. The van der Waals surface area contributed by atoms with E-state index in [0.717, 1.165) is 13.1 Å². The van der Waals surface area contributed by atoms with Crippen LogP contribution >= 0.6 is 12.4 Å². The summed E-state index contributed by atoms with van der Waals surface area (Å²) >= 11 is 0. The maximum Gasteiger partial charge on any atom is 0.335 e. The molecule has 1 aromatic rings. The van der Waals surface area contributed by atoms with Crippen LogP contribution in [0.4, 0.5) is 0 Å². The third-order valence-electron chi connectivity index (χ3n) is 3.56. The van der Waals surface area contributed by atoms with Crippen LogP contribution in [0, 0.1) is 0 Å². The van der Waals surface area contributed by atoms with Gasteiger partial charge in [0.05, 0.1) is 5.56 Å². The molecule has 4 heteroatoms. The number of nitrogens with one attached hydrogen (secondary N) is 1. The van der Waals surface area contributed by atoms with Crippen LogP contribution in [-0.4, -0.2) is 17.6 Å². The second kappa shape index (κ2) is 3.75. The third-order valence-corrected chi connectivity index (χ3v) is 3.56. The molecule has 1 aliphatic heterocycles. The zero-order valence-electron chi connectivity index (χ0n) is 8.82. The molecular formula is C12H14ClNO2. The molecule has 1 spiro atoms. The predicted octanol–water partition coefficient (Wildman–Crippen LogP) is 1.94. The van der Waals surface area contributed by atoms with Crippen molar-refractivity contribution in [1.29, 1.82) is 0 Å². The minimum atomic E-state index is -0.840. The first-order chi connectivity index (χ1) is 7.21. The van der Waals surface area contributed by atoms with E-state index >= 15 is 0 Å². The van der Waals surface area contributed by atoms with Crippen molar-refractivity contribution in [2.45, 2.75) is 24.8 Å². The van der Waals surface area contributed by atoms with Crippen LogP contribution in [0.5, 0.6) is 0 Å². The fourth-order valence-corrected chi connectivity index (χ4v) is 2.52. The number of benzene rings is 1. The lowest BCUT2D eigenvalue weighted by Crippen LogP contribution is -2.33. The van der Waals surface area contributed by atoms with Crippen LogP contribution in [0.25, 0.3) is 0 Å². The van der Waals surface area contributed by atoms with E-state index in [-0.39, 0.29) is 12.4 Å². The zero-order chi connectivity index (χ0) is 10.5. The lowest BCUT2D eigenvalue weighted by Gasteiger charge is -2.26. The molecule has 86 valence electrons. The number of halogens is 1. The van der Waals surface area contributed by atoms with Gasteiger partial charge in [-0.15, -0.1) is 12.4 Å². The molecule has 3 rings (SSSR count). The monoisotopic (exact) mass is 239 g/mol. The van der Waals surface area contributed by atoms with E-state index in [1.807, 2.05) is 12.1 Å². The van der Waals surface area contributed by atoms with Crippen molar-refractivity contribution < 1.29 is 9.90 Å². The molecule has 2 aliphatic rings. The summed E-state index contributed by atoms with van der Waals surface area (Å²) in [6, 6.07) is 5.54. The lowest BCUT2D eigenvalue weighted by atomic mass is 9.87. The molecule has 0 bridgehead atoms. The lowest BCUT2D eigenvalue weighted by molar-refractivity contribution is 0.0696. The number of rotatable bonds is 1. The average Bonchev–Trinajstić information content (AvgIpc) is 2.98. The second-order valence-electron chi connectivity index (χ2n) is 4.56. The second-order valence-corrected chi connectivity index (χ2v) is 4.56. The molecule has 0 atom stereocenters. The topological polar surface area (TPSA) is 49.3 Å². The van der Waals surface area contributed by atoms with Crippen LogP contribution in [0.2, 0.25) is 0 Å². The van der Waals surface area contributed by atoms with Gasteiger partial charge >= 0.3 is 5.97 Å². The summed E-state index contributed by atoms with van der Waals surface area (Å²) in [5.41, 5.74) is 3.27. The Morgan fingerprint density at radius 2 is 2.12 bits per heavy atom. The van der Waals surface area contributed by atoms with Gasteiger partial charge in [-0.25, -0.2) is 4.79 Å². The quantitative estimate of drug-likeness (QED) is 0.788. The first-order valence-electron chi connectivity index (χ1n) is 5.29. The third kappa shape index (κ3) is 1.60. The van der Waals surface area contributed by atoms with Gasteiger partial charge in [0.2, 0.25) is 0 Å². The number of carboxylic acids is 1. The summed E-state index contributed by atoms with van der Waals surface area (Å²) in [4.78, 5) is 10.8. The molecule has 0 aromatic heterocycles. The van der Waals surface area contributed by atoms with Gasteiger partial charge in [0, 0.05) is 18.5 Å². The van der Waals surface area contributed by atoms with E-state index in [0.29, 0.717) is 11.0 Å². The van der Waals surface area contributed by atoms with E-state index in [1.54, 1.807) is 6.07 Å². The summed E-state index contributed by atoms with van der Waals surface area (Å²) in [5, 5.41) is 12.3. The minimum absolute atomic E-state index is 0. The van der Waals surface area contributed by atoms with E-state index < -0.39 is 5.97 Å². The Hall–Kier alpha value is -1.06. The highest BCUT2D eigenvalue weighted by Crippen LogP contribution is 2.50. The van der Waals surface area contributed by atoms with Crippen LogP contribution < -0.4 is 5.32 Å². The molecule has 0 radical (unpaired) electrons. The summed E-state index contributed by atoms with van der Waals surface area (Å²) in [6.45, 7) is 1.85. The van der Waals surface area contributed by atoms with Gasteiger partial charge in [-0.05, 0) is 36.1 Å². The summed E-state index contributed by atoms with van der Waals surface area (Å²) < 4.78 is 0. The van der Waals surface area contributed by atoms with Crippen molar-refractivity contribution in [2.75, 3.05) is 6.54 Å². The number of hydrogen-bond donors (Lipinski definition) is 2. The van der Waals surface area contributed by atoms with Gasteiger partial charge in [-0.1, -0.05) is 6.07 Å². The van der Waals surface area contributed by atoms with Crippen molar-refractivity contribution in [3.8, 4) is 0 Å². The fourth-order valence-electron chi connectivity index (χ4n) is 2.52. The van der Waals surface area contributed by atoms with E-state index in [2.05, 4.69) is 5.32 Å². The Morgan fingerprint density at radius 3 is 2.75 bits per heavy atom. The molecule has 1 fully saturated rings. The molecule has 2 N–H and O–H groups in total. The normalized spacial score (nSPS) is 19.8. The van der Waals surface area contributed by atoms with E-state index in [1.165, 1.54) is 24.0 Å². The number of hydrogen-bond acceptors (Lipinski definition) is 2. The van der Waals surface area contributed by atoms with Crippen molar-refractivity contribution in [1.82, 2.24) is 5.32 Å². The minimum Gasteiger partial charge on any atom is -0.478 e. The molecule has 1 saturated carbocycles. The summed E-state index contributed by atoms with van der Waals surface area (Å²) in [6.07, 6.45) is 2.47. The van der Waals surface area contributed by atoms with Crippen LogP contribution in [0.15, 0.2) is 18.2 Å². The van der Waals surface area contributed by atoms with Gasteiger partial charge in [-0.2, -0.15) is 0 Å². The van der Waals surface area contributed by atoms with Gasteiger partial charge < -0.3 is 10.4 Å². The van der Waals surface area contributed by atoms with E-state index in [9.17, 15) is 4.79 Å². The molecule has 16 heavy (non-hydrogen) atoms. The van der Waals surface area contributed by atoms with Gasteiger partial charge in [0.1, 0.15) is 0 Å². The van der Waals surface area contributed by atoms with Crippen LogP contribution in [0.3, 0.4) is 0 Å². The molecule has 0 saturated heterocycles. The van der Waals surface area contributed by atoms with Crippen molar-refractivity contribution in [3.05, 3.63) is 34.9 Å². The highest BCUT2D eigenvalue weighted by atomic mass is 35.5. The van der Waals surface area contributed by atoms with E-state index in [4.69, 9.17) is 5.11 Å². The highest BCUT2D eigenvalue weighted by molar-refractivity contribution is 5.88. The Morgan fingerprint density at radius 1 is 1.38 bits per heavy atom.